The second-order valence-corrected chi connectivity index (χ2v) is 10.3. The Balaban J connectivity index is 3.08. The number of carbonyl (C=O) groups is 1. The van der Waals surface area contributed by atoms with E-state index in [0.717, 1.165) is 16.7 Å². The number of nitrogens with zero attached hydrogens (tertiary/aromatic N) is 1. The van der Waals surface area contributed by atoms with Gasteiger partial charge >= 0.3 is 0 Å². The Morgan fingerprint density at radius 2 is 2.00 bits per heavy atom. The lowest BCUT2D eigenvalue weighted by molar-refractivity contribution is 0.0977. The van der Waals surface area contributed by atoms with Crippen LogP contribution in [0.1, 0.15) is 38.1 Å². The molecule has 4 N–H and O–H groups in total. The van der Waals surface area contributed by atoms with Crippen molar-refractivity contribution in [3.05, 3.63) is 38.8 Å². The second kappa shape index (κ2) is 9.20. The van der Waals surface area contributed by atoms with Crippen LogP contribution in [0.25, 0.3) is 0 Å². The number of hydrogen-bond donors (Lipinski definition) is 3. The van der Waals surface area contributed by atoms with E-state index in [2.05, 4.69) is 21.7 Å². The van der Waals surface area contributed by atoms with Crippen LogP contribution in [0, 0.1) is 8.99 Å². The van der Waals surface area contributed by atoms with Gasteiger partial charge in [-0.3, -0.25) is 10.1 Å². The summed E-state index contributed by atoms with van der Waals surface area (Å²) in [5.74, 6) is 4.87. The van der Waals surface area contributed by atoms with E-state index in [1.165, 1.54) is 12.1 Å². The van der Waals surface area contributed by atoms with Gasteiger partial charge in [0.25, 0.3) is 5.91 Å². The van der Waals surface area contributed by atoms with Gasteiger partial charge in [0.1, 0.15) is 0 Å². The highest BCUT2D eigenvalue weighted by Crippen LogP contribution is 2.33. The largest absolute Gasteiger partial charge is 0.321 e. The van der Waals surface area contributed by atoms with Gasteiger partial charge in [0.2, 0.25) is 10.0 Å². The van der Waals surface area contributed by atoms with Gasteiger partial charge in [-0.1, -0.05) is 46.0 Å². The third kappa shape index (κ3) is 6.25. The van der Waals surface area contributed by atoms with E-state index in [1.54, 1.807) is 13.0 Å². The summed E-state index contributed by atoms with van der Waals surface area (Å²) in [5, 5.41) is 6.38. The van der Waals surface area contributed by atoms with Crippen molar-refractivity contribution in [2.75, 3.05) is 6.54 Å². The normalized spacial score (nSPS) is 12.7. The lowest BCUT2D eigenvalue weighted by Crippen LogP contribution is -2.31. The maximum absolute atomic E-state index is 12.6. The summed E-state index contributed by atoms with van der Waals surface area (Å²) in [6, 6.07) is 4.34. The predicted molar refractivity (Wildman–Crippen MR) is 115 cm³/mol. The number of thioether (sulfide) groups is 1. The number of allylic oxidation sites excluding steroid dienone is 1. The number of hydrazone groups is 1. The summed E-state index contributed by atoms with van der Waals surface area (Å²) < 4.78 is 27.3. The minimum Gasteiger partial charge on any atom is -0.321 e. The molecular formula is C16H23IN4O3S2. The van der Waals surface area contributed by atoms with Gasteiger partial charge in [0.15, 0.2) is 5.17 Å². The second-order valence-electron chi connectivity index (χ2n) is 6.31. The van der Waals surface area contributed by atoms with Crippen molar-refractivity contribution in [3.63, 3.8) is 0 Å². The molecule has 0 bridgehead atoms. The molecule has 0 saturated carbocycles. The Morgan fingerprint density at radius 3 is 2.50 bits per heavy atom. The standard InChI is InChI=1S/C16H23IN4O3S2/c1-6-19-26(23,24)11-7-8-13(17)12(9-11)14(22)20-15(21-18)25-10(2)16(3,4)5/h7-9,19H,2,6,18H2,1,3-5H3,(H,20,21,22). The molecule has 26 heavy (non-hydrogen) atoms. The van der Waals surface area contributed by atoms with Gasteiger partial charge in [0, 0.05) is 10.1 Å². The summed E-state index contributed by atoms with van der Waals surface area (Å²) in [6.45, 7) is 11.8. The number of amides is 1. The van der Waals surface area contributed by atoms with E-state index in [-0.39, 0.29) is 27.6 Å². The Bertz CT molecular complexity index is 830. The number of nitrogens with two attached hydrogens (primary N) is 1. The summed E-state index contributed by atoms with van der Waals surface area (Å²) in [6.07, 6.45) is 0. The van der Waals surface area contributed by atoms with Gasteiger partial charge in [-0.05, 0) is 51.1 Å². The van der Waals surface area contributed by atoms with Crippen LogP contribution in [0.3, 0.4) is 0 Å². The van der Waals surface area contributed by atoms with Crippen molar-refractivity contribution in [3.8, 4) is 0 Å². The molecule has 0 atom stereocenters. The van der Waals surface area contributed by atoms with Crippen LogP contribution >= 0.6 is 34.4 Å². The van der Waals surface area contributed by atoms with Crippen LogP contribution in [-0.4, -0.2) is 26.0 Å². The molecule has 1 aromatic carbocycles. The molecule has 0 aliphatic carbocycles. The number of carbonyl (C=O) groups excluding carboxylic acids is 1. The number of nitrogens with one attached hydrogen (secondary N) is 2. The van der Waals surface area contributed by atoms with E-state index < -0.39 is 15.9 Å². The fraction of sp³-hybridized carbons (Fsp3) is 0.375. The fourth-order valence-corrected chi connectivity index (χ4v) is 4.02. The molecule has 0 unspecified atom stereocenters. The van der Waals surface area contributed by atoms with Gasteiger partial charge < -0.3 is 5.84 Å². The van der Waals surface area contributed by atoms with Crippen LogP contribution in [0.15, 0.2) is 39.7 Å². The monoisotopic (exact) mass is 510 g/mol. The van der Waals surface area contributed by atoms with Crippen molar-refractivity contribution in [2.24, 2.45) is 16.4 Å². The molecule has 1 rings (SSSR count). The molecule has 0 radical (unpaired) electrons. The van der Waals surface area contributed by atoms with Gasteiger partial charge in [-0.2, -0.15) is 5.10 Å². The molecular weight excluding hydrogens is 487 g/mol. The molecule has 10 heteroatoms. The van der Waals surface area contributed by atoms with Gasteiger partial charge in [-0.25, -0.2) is 13.1 Å². The van der Waals surface area contributed by atoms with E-state index in [9.17, 15) is 13.2 Å². The first kappa shape index (κ1) is 22.9. The highest BCUT2D eigenvalue weighted by Gasteiger charge is 2.21. The molecule has 0 heterocycles. The van der Waals surface area contributed by atoms with E-state index in [0.29, 0.717) is 3.57 Å². The Morgan fingerprint density at radius 1 is 1.38 bits per heavy atom. The zero-order chi connectivity index (χ0) is 20.1. The average Bonchev–Trinajstić information content (AvgIpc) is 2.53. The van der Waals surface area contributed by atoms with E-state index >= 15 is 0 Å². The van der Waals surface area contributed by atoms with Crippen LogP contribution < -0.4 is 15.9 Å². The Labute approximate surface area is 172 Å². The molecule has 0 aliphatic rings. The van der Waals surface area contributed by atoms with Crippen molar-refractivity contribution < 1.29 is 13.2 Å². The Hall–Kier alpha value is -1.11. The maximum atomic E-state index is 12.6. The fourth-order valence-electron chi connectivity index (χ4n) is 1.64. The number of sulfonamides is 1. The number of rotatable bonds is 5. The van der Waals surface area contributed by atoms with Gasteiger partial charge in [-0.15, -0.1) is 0 Å². The minimum atomic E-state index is -3.66. The van der Waals surface area contributed by atoms with Crippen molar-refractivity contribution >= 4 is 55.5 Å². The first-order chi connectivity index (χ1) is 11.9. The summed E-state index contributed by atoms with van der Waals surface area (Å²) in [4.78, 5) is 13.4. The molecule has 144 valence electrons. The minimum absolute atomic E-state index is 0.0166. The van der Waals surface area contributed by atoms with E-state index in [1.807, 2.05) is 43.4 Å². The highest BCUT2D eigenvalue weighted by molar-refractivity contribution is 14.1. The SMILES string of the molecule is C=C(S/C(=N\N)NC(=O)c1cc(S(=O)(=O)NCC)ccc1I)C(C)(C)C. The van der Waals surface area contributed by atoms with Crippen LogP contribution in [0.4, 0.5) is 0 Å². The molecule has 0 aromatic heterocycles. The first-order valence-electron chi connectivity index (χ1n) is 7.68. The zero-order valence-electron chi connectivity index (χ0n) is 15.1. The van der Waals surface area contributed by atoms with Crippen LogP contribution in [-0.2, 0) is 10.0 Å². The number of hydrogen-bond acceptors (Lipinski definition) is 6. The quantitative estimate of drug-likeness (QED) is 0.185. The lowest BCUT2D eigenvalue weighted by atomic mass is 9.97. The molecule has 0 aliphatic heterocycles. The van der Waals surface area contributed by atoms with Crippen LogP contribution in [0.2, 0.25) is 0 Å². The third-order valence-electron chi connectivity index (χ3n) is 3.22. The smallest absolute Gasteiger partial charge is 0.258 e. The predicted octanol–water partition coefficient (Wildman–Crippen LogP) is 2.84. The molecule has 0 spiro atoms. The number of halogens is 1. The topological polar surface area (TPSA) is 114 Å². The molecule has 7 nitrogen and oxygen atoms in total. The van der Waals surface area contributed by atoms with Crippen molar-refractivity contribution in [2.45, 2.75) is 32.6 Å². The summed E-state index contributed by atoms with van der Waals surface area (Å²) in [5.41, 5.74) is 0.0206. The molecule has 0 saturated heterocycles. The molecule has 1 amide bonds. The molecule has 1 aromatic rings. The van der Waals surface area contributed by atoms with Crippen molar-refractivity contribution in [1.29, 1.82) is 0 Å². The van der Waals surface area contributed by atoms with Crippen molar-refractivity contribution in [1.82, 2.24) is 10.0 Å². The maximum Gasteiger partial charge on any atom is 0.258 e. The first-order valence-corrected chi connectivity index (χ1v) is 11.1. The average molecular weight is 510 g/mol. The zero-order valence-corrected chi connectivity index (χ0v) is 18.9. The highest BCUT2D eigenvalue weighted by atomic mass is 127. The number of amidine groups is 1. The van der Waals surface area contributed by atoms with Gasteiger partial charge in [0.05, 0.1) is 10.5 Å². The van der Waals surface area contributed by atoms with E-state index in [4.69, 9.17) is 5.84 Å². The Kier molecular flexibility index (Phi) is 8.11. The molecule has 0 fully saturated rings. The third-order valence-corrected chi connectivity index (χ3v) is 6.96. The summed E-state index contributed by atoms with van der Waals surface area (Å²) in [7, 11) is -3.66. The van der Waals surface area contributed by atoms with Crippen LogP contribution in [0.5, 0.6) is 0 Å². The summed E-state index contributed by atoms with van der Waals surface area (Å²) >= 11 is 3.13. The lowest BCUT2D eigenvalue weighted by Gasteiger charge is -2.21. The number of benzene rings is 1.